The SMILES string of the molecule is CCNC(=O)Oc1cc(CCOc2ccc(NC(=O)Nc3cc(C(C)(C)C)nn3-c3ccc(C)cc3)c3ccccc23)ccn1. The summed E-state index contributed by atoms with van der Waals surface area (Å²) >= 11 is 0. The van der Waals surface area contributed by atoms with Crippen LogP contribution in [-0.4, -0.2) is 40.0 Å². The molecule has 0 aliphatic heterocycles. The van der Waals surface area contributed by atoms with E-state index in [0.717, 1.165) is 33.3 Å². The zero-order valence-electron chi connectivity index (χ0n) is 26.2. The number of rotatable bonds is 9. The molecule has 0 atom stereocenters. The average molecular weight is 607 g/mol. The van der Waals surface area contributed by atoms with Crippen LogP contribution in [0.25, 0.3) is 16.5 Å². The van der Waals surface area contributed by atoms with E-state index >= 15 is 0 Å². The highest BCUT2D eigenvalue weighted by atomic mass is 16.6. The maximum absolute atomic E-state index is 13.3. The molecule has 0 radical (unpaired) electrons. The monoisotopic (exact) mass is 606 g/mol. The molecule has 3 N–H and O–H groups in total. The predicted octanol–water partition coefficient (Wildman–Crippen LogP) is 7.40. The summed E-state index contributed by atoms with van der Waals surface area (Å²) in [6.45, 7) is 11.0. The molecule has 0 fully saturated rings. The van der Waals surface area contributed by atoms with E-state index in [1.807, 2.05) is 86.6 Å². The molecule has 232 valence electrons. The highest BCUT2D eigenvalue weighted by molar-refractivity contribution is 6.07. The Bertz CT molecular complexity index is 1810. The second-order valence-electron chi connectivity index (χ2n) is 11.7. The van der Waals surface area contributed by atoms with E-state index in [2.05, 4.69) is 41.7 Å². The summed E-state index contributed by atoms with van der Waals surface area (Å²) in [5, 5.41) is 15.1. The van der Waals surface area contributed by atoms with Crippen molar-refractivity contribution in [2.45, 2.75) is 46.5 Å². The van der Waals surface area contributed by atoms with Gasteiger partial charge in [-0.3, -0.25) is 5.32 Å². The lowest BCUT2D eigenvalue weighted by Crippen LogP contribution is -2.26. The van der Waals surface area contributed by atoms with Gasteiger partial charge in [-0.15, -0.1) is 0 Å². The van der Waals surface area contributed by atoms with Crippen molar-refractivity contribution < 1.29 is 19.1 Å². The fourth-order valence-corrected chi connectivity index (χ4v) is 4.71. The number of hydrogen-bond donors (Lipinski definition) is 3. The number of aromatic nitrogens is 3. The summed E-state index contributed by atoms with van der Waals surface area (Å²) in [5.41, 5.74) is 4.23. The Morgan fingerprint density at radius 2 is 1.67 bits per heavy atom. The maximum Gasteiger partial charge on any atom is 0.413 e. The van der Waals surface area contributed by atoms with Gasteiger partial charge < -0.3 is 20.1 Å². The van der Waals surface area contributed by atoms with Crippen molar-refractivity contribution in [3.05, 3.63) is 102 Å². The zero-order chi connectivity index (χ0) is 32.0. The molecule has 2 aromatic heterocycles. The third kappa shape index (κ3) is 7.77. The molecule has 0 saturated heterocycles. The highest BCUT2D eigenvalue weighted by Gasteiger charge is 2.22. The van der Waals surface area contributed by atoms with Crippen LogP contribution in [0, 0.1) is 6.92 Å². The number of ether oxygens (including phenoxy) is 2. The van der Waals surface area contributed by atoms with E-state index < -0.39 is 6.09 Å². The first-order valence-corrected chi connectivity index (χ1v) is 14.9. The van der Waals surface area contributed by atoms with Gasteiger partial charge in [-0.25, -0.2) is 19.3 Å². The van der Waals surface area contributed by atoms with E-state index in [-0.39, 0.29) is 17.3 Å². The number of urea groups is 1. The second-order valence-corrected chi connectivity index (χ2v) is 11.7. The predicted molar refractivity (Wildman–Crippen MR) is 177 cm³/mol. The van der Waals surface area contributed by atoms with Crippen LogP contribution in [0.1, 0.15) is 44.5 Å². The summed E-state index contributed by atoms with van der Waals surface area (Å²) < 4.78 is 13.1. The summed E-state index contributed by atoms with van der Waals surface area (Å²) in [6.07, 6.45) is 1.64. The largest absolute Gasteiger partial charge is 0.493 e. The van der Waals surface area contributed by atoms with Crippen molar-refractivity contribution in [3.63, 3.8) is 0 Å². The molecule has 0 unspecified atom stereocenters. The van der Waals surface area contributed by atoms with Gasteiger partial charge in [0.15, 0.2) is 0 Å². The Balaban J connectivity index is 1.29. The summed E-state index contributed by atoms with van der Waals surface area (Å²) in [5.74, 6) is 1.49. The Hall–Kier alpha value is -5.38. The van der Waals surface area contributed by atoms with Crippen molar-refractivity contribution in [3.8, 4) is 17.3 Å². The molecule has 0 bridgehead atoms. The molecule has 0 spiro atoms. The quantitative estimate of drug-likeness (QED) is 0.161. The number of benzene rings is 3. The number of fused-ring (bicyclic) bond motifs is 1. The molecule has 0 aliphatic carbocycles. The standard InChI is InChI=1S/C35H38N6O4/c1-6-36-34(43)45-32-21-24(17-19-37-32)18-20-44-29-16-15-28(26-9-7-8-10-27(26)29)38-33(42)39-31-22-30(35(3,4)5)40-41(31)25-13-11-23(2)12-14-25/h7-17,19,21-22H,6,18,20H2,1-5H3,(H,36,43)(H2,38,39,42). The van der Waals surface area contributed by atoms with Gasteiger partial charge in [0.05, 0.1) is 23.7 Å². The number of aryl methyl sites for hydroxylation is 1. The maximum atomic E-state index is 13.3. The molecule has 5 rings (SSSR count). The highest BCUT2D eigenvalue weighted by Crippen LogP contribution is 2.32. The zero-order valence-corrected chi connectivity index (χ0v) is 26.2. The summed E-state index contributed by atoms with van der Waals surface area (Å²) in [4.78, 5) is 29.1. The number of nitrogens with one attached hydrogen (secondary N) is 3. The molecule has 3 amide bonds. The molecule has 0 aliphatic rings. The van der Waals surface area contributed by atoms with Crippen molar-refractivity contribution in [2.24, 2.45) is 0 Å². The molecule has 10 heteroatoms. The fourth-order valence-electron chi connectivity index (χ4n) is 4.71. The topological polar surface area (TPSA) is 119 Å². The lowest BCUT2D eigenvalue weighted by atomic mass is 9.92. The first kappa shape index (κ1) is 31.1. The van der Waals surface area contributed by atoms with Gasteiger partial charge in [0, 0.05) is 47.5 Å². The minimum Gasteiger partial charge on any atom is -0.493 e. The smallest absolute Gasteiger partial charge is 0.413 e. The summed E-state index contributed by atoms with van der Waals surface area (Å²) in [7, 11) is 0. The Morgan fingerprint density at radius 3 is 2.40 bits per heavy atom. The van der Waals surface area contributed by atoms with Crippen LogP contribution in [0.15, 0.2) is 85.1 Å². The molecule has 45 heavy (non-hydrogen) atoms. The minimum absolute atomic E-state index is 0.201. The van der Waals surface area contributed by atoms with Gasteiger partial charge in [-0.05, 0) is 49.7 Å². The van der Waals surface area contributed by atoms with Gasteiger partial charge in [0.1, 0.15) is 11.6 Å². The minimum atomic E-state index is -0.543. The molecular formula is C35H38N6O4. The Labute approximate surface area is 262 Å². The number of pyridine rings is 1. The summed E-state index contributed by atoms with van der Waals surface area (Å²) in [6, 6.07) is 24.5. The van der Waals surface area contributed by atoms with Gasteiger partial charge in [-0.2, -0.15) is 5.10 Å². The van der Waals surface area contributed by atoms with Crippen LogP contribution < -0.4 is 25.4 Å². The van der Waals surface area contributed by atoms with Crippen LogP contribution >= 0.6 is 0 Å². The van der Waals surface area contributed by atoms with Crippen LogP contribution in [0.5, 0.6) is 11.6 Å². The van der Waals surface area contributed by atoms with Gasteiger partial charge in [0.2, 0.25) is 5.88 Å². The van der Waals surface area contributed by atoms with E-state index in [4.69, 9.17) is 14.6 Å². The van der Waals surface area contributed by atoms with E-state index in [1.54, 1.807) is 16.9 Å². The molecule has 3 aromatic carbocycles. The van der Waals surface area contributed by atoms with Crippen LogP contribution in [-0.2, 0) is 11.8 Å². The van der Waals surface area contributed by atoms with Crippen molar-refractivity contribution in [1.82, 2.24) is 20.1 Å². The number of amides is 3. The third-order valence-electron chi connectivity index (χ3n) is 7.10. The Kier molecular flexibility index (Phi) is 9.32. The first-order chi connectivity index (χ1) is 21.6. The van der Waals surface area contributed by atoms with Gasteiger partial charge >= 0.3 is 12.1 Å². The molecular weight excluding hydrogens is 568 g/mol. The van der Waals surface area contributed by atoms with Crippen molar-refractivity contribution in [2.75, 3.05) is 23.8 Å². The molecule has 0 saturated carbocycles. The number of nitrogens with zero attached hydrogens (tertiary/aromatic N) is 3. The average Bonchev–Trinajstić information content (AvgIpc) is 3.43. The number of carbonyl (C=O) groups is 2. The lowest BCUT2D eigenvalue weighted by molar-refractivity contribution is 0.199. The fraction of sp³-hybridized carbons (Fsp3) is 0.257. The van der Waals surface area contributed by atoms with E-state index in [9.17, 15) is 9.59 Å². The normalized spacial score (nSPS) is 11.2. The van der Waals surface area contributed by atoms with E-state index in [1.165, 1.54) is 0 Å². The lowest BCUT2D eigenvalue weighted by Gasteiger charge is -2.14. The van der Waals surface area contributed by atoms with Crippen molar-refractivity contribution >= 4 is 34.4 Å². The molecule has 2 heterocycles. The number of anilines is 2. The van der Waals surface area contributed by atoms with Crippen molar-refractivity contribution in [1.29, 1.82) is 0 Å². The molecule has 5 aromatic rings. The van der Waals surface area contributed by atoms with Crippen LogP contribution in [0.2, 0.25) is 0 Å². The number of carbonyl (C=O) groups excluding carboxylic acids is 2. The third-order valence-corrected chi connectivity index (χ3v) is 7.10. The second kappa shape index (κ2) is 13.5. The Morgan fingerprint density at radius 1 is 0.911 bits per heavy atom. The van der Waals surface area contributed by atoms with Gasteiger partial charge in [0.25, 0.3) is 0 Å². The first-order valence-electron chi connectivity index (χ1n) is 14.9. The number of hydrogen-bond acceptors (Lipinski definition) is 6. The van der Waals surface area contributed by atoms with Crippen LogP contribution in [0.4, 0.5) is 21.1 Å². The van der Waals surface area contributed by atoms with Crippen LogP contribution in [0.3, 0.4) is 0 Å². The van der Waals surface area contributed by atoms with E-state index in [0.29, 0.717) is 36.8 Å². The molecule has 10 nitrogen and oxygen atoms in total. The van der Waals surface area contributed by atoms with Gasteiger partial charge in [-0.1, -0.05) is 62.7 Å².